The Morgan fingerprint density at radius 3 is 2.73 bits per heavy atom. The quantitative estimate of drug-likeness (QED) is 0.453. The predicted octanol–water partition coefficient (Wildman–Crippen LogP) is 2.85. The Bertz CT molecular complexity index is 1050. The molecule has 1 aliphatic heterocycles. The summed E-state index contributed by atoms with van der Waals surface area (Å²) in [6.45, 7) is 12.5. The number of ether oxygens (including phenoxy) is 2. The monoisotopic (exact) mass is 453 g/mol. The van der Waals surface area contributed by atoms with E-state index in [0.717, 1.165) is 67.7 Å². The van der Waals surface area contributed by atoms with Crippen LogP contribution in [0.15, 0.2) is 30.5 Å². The van der Waals surface area contributed by atoms with Gasteiger partial charge in [0.25, 0.3) is 0 Å². The van der Waals surface area contributed by atoms with E-state index >= 15 is 0 Å². The highest BCUT2D eigenvalue weighted by atomic mass is 16.5. The lowest BCUT2D eigenvalue weighted by atomic mass is 10.1. The molecule has 2 N–H and O–H groups in total. The number of fused-ring (bicyclic) bond motifs is 1. The minimum absolute atomic E-state index is 0.0204. The minimum atomic E-state index is 0.0204. The Balaban J connectivity index is 1.51. The summed E-state index contributed by atoms with van der Waals surface area (Å²) in [6.07, 6.45) is 1.89. The maximum absolute atomic E-state index is 5.42. The summed E-state index contributed by atoms with van der Waals surface area (Å²) in [6, 6.07) is 8.08. The largest absolute Gasteiger partial charge is 0.497 e. The number of rotatable bonds is 10. The zero-order chi connectivity index (χ0) is 23.2. The Morgan fingerprint density at radius 2 is 1.97 bits per heavy atom. The average Bonchev–Trinajstić information content (AvgIpc) is 3.27. The van der Waals surface area contributed by atoms with Gasteiger partial charge in [0.1, 0.15) is 11.6 Å². The van der Waals surface area contributed by atoms with E-state index in [9.17, 15) is 0 Å². The number of methoxy groups -OCH3 is 1. The number of hydrogen-bond donors (Lipinski definition) is 2. The van der Waals surface area contributed by atoms with Gasteiger partial charge < -0.3 is 20.1 Å². The van der Waals surface area contributed by atoms with Gasteiger partial charge in [0.15, 0.2) is 5.65 Å². The fourth-order valence-corrected chi connectivity index (χ4v) is 3.97. The van der Waals surface area contributed by atoms with Crippen molar-refractivity contribution in [3.8, 4) is 5.75 Å². The third kappa shape index (κ3) is 5.79. The minimum Gasteiger partial charge on any atom is -0.497 e. The fraction of sp³-hybridized carbons (Fsp3) is 0.542. The summed E-state index contributed by atoms with van der Waals surface area (Å²) in [5.74, 6) is 2.60. The molecular weight excluding hydrogens is 418 g/mol. The van der Waals surface area contributed by atoms with Gasteiger partial charge in [-0.3, -0.25) is 4.90 Å². The second-order valence-corrected chi connectivity index (χ2v) is 8.73. The molecule has 0 spiro atoms. The van der Waals surface area contributed by atoms with Crippen LogP contribution in [0, 0.1) is 0 Å². The molecule has 1 fully saturated rings. The lowest BCUT2D eigenvalue weighted by Gasteiger charge is -2.26. The number of anilines is 1. The van der Waals surface area contributed by atoms with Crippen LogP contribution in [0.5, 0.6) is 5.75 Å². The van der Waals surface area contributed by atoms with Crippen LogP contribution >= 0.6 is 0 Å². The molecule has 3 aromatic rings. The van der Waals surface area contributed by atoms with Crippen molar-refractivity contribution < 1.29 is 9.47 Å². The molecule has 0 bridgehead atoms. The highest BCUT2D eigenvalue weighted by Gasteiger charge is 2.17. The molecule has 0 unspecified atom stereocenters. The molecule has 1 aliphatic rings. The SMILES string of the molecule is COc1cccc([C@H](C)Nc2nc(CNCCN3CCOCC3)nc3c(C(C)C)cnn23)c1. The van der Waals surface area contributed by atoms with Gasteiger partial charge in [-0.05, 0) is 30.5 Å². The Labute approximate surface area is 195 Å². The summed E-state index contributed by atoms with van der Waals surface area (Å²) in [7, 11) is 1.68. The molecule has 0 saturated carbocycles. The first-order chi connectivity index (χ1) is 16.0. The van der Waals surface area contributed by atoms with Gasteiger partial charge in [0.2, 0.25) is 5.95 Å². The van der Waals surface area contributed by atoms with Crippen molar-refractivity contribution in [2.24, 2.45) is 0 Å². The maximum atomic E-state index is 5.42. The number of nitrogens with zero attached hydrogens (tertiary/aromatic N) is 5. The third-order valence-corrected chi connectivity index (χ3v) is 5.99. The van der Waals surface area contributed by atoms with Crippen LogP contribution in [0.25, 0.3) is 5.65 Å². The van der Waals surface area contributed by atoms with Crippen LogP contribution in [0.2, 0.25) is 0 Å². The molecule has 33 heavy (non-hydrogen) atoms. The number of hydrogen-bond acceptors (Lipinski definition) is 8. The zero-order valence-corrected chi connectivity index (χ0v) is 20.0. The summed E-state index contributed by atoms with van der Waals surface area (Å²) >= 11 is 0. The first-order valence-corrected chi connectivity index (χ1v) is 11.7. The van der Waals surface area contributed by atoms with Crippen molar-refractivity contribution >= 4 is 11.6 Å². The molecular formula is C24H35N7O2. The topological polar surface area (TPSA) is 88.8 Å². The van der Waals surface area contributed by atoms with E-state index in [2.05, 4.69) is 47.5 Å². The molecule has 4 rings (SSSR count). The lowest BCUT2D eigenvalue weighted by Crippen LogP contribution is -2.40. The van der Waals surface area contributed by atoms with E-state index in [4.69, 9.17) is 19.4 Å². The van der Waals surface area contributed by atoms with Crippen LogP contribution in [0.4, 0.5) is 5.95 Å². The summed E-state index contributed by atoms with van der Waals surface area (Å²) in [5.41, 5.74) is 3.08. The molecule has 9 nitrogen and oxygen atoms in total. The van der Waals surface area contributed by atoms with E-state index in [1.807, 2.05) is 28.9 Å². The standard InChI is InChI=1S/C24H35N7O2/c1-17(2)21-15-26-31-23(21)28-22(16-25-8-9-30-10-12-33-13-11-30)29-24(31)27-18(3)19-6-5-7-20(14-19)32-4/h5-7,14-15,17-18,25H,8-13,16H2,1-4H3,(H,27,28,29)/t18-/m0/s1. The van der Waals surface area contributed by atoms with E-state index in [1.165, 1.54) is 0 Å². The first kappa shape index (κ1) is 23.4. The molecule has 3 heterocycles. The van der Waals surface area contributed by atoms with Crippen LogP contribution < -0.4 is 15.4 Å². The fourth-order valence-electron chi connectivity index (χ4n) is 3.97. The first-order valence-electron chi connectivity index (χ1n) is 11.7. The van der Waals surface area contributed by atoms with Gasteiger partial charge in [-0.1, -0.05) is 26.0 Å². The van der Waals surface area contributed by atoms with Gasteiger partial charge in [0.05, 0.1) is 39.1 Å². The molecule has 1 atom stereocenters. The van der Waals surface area contributed by atoms with Gasteiger partial charge in [-0.15, -0.1) is 0 Å². The summed E-state index contributed by atoms with van der Waals surface area (Å²) < 4.78 is 12.6. The molecule has 0 radical (unpaired) electrons. The van der Waals surface area contributed by atoms with Gasteiger partial charge in [0, 0.05) is 31.7 Å². The molecule has 2 aromatic heterocycles. The van der Waals surface area contributed by atoms with Crippen LogP contribution in [0.1, 0.15) is 49.7 Å². The van der Waals surface area contributed by atoms with Gasteiger partial charge in [-0.2, -0.15) is 14.6 Å². The highest BCUT2D eigenvalue weighted by Crippen LogP contribution is 2.25. The maximum Gasteiger partial charge on any atom is 0.228 e. The van der Waals surface area contributed by atoms with Crippen molar-refractivity contribution in [3.05, 3.63) is 47.4 Å². The van der Waals surface area contributed by atoms with E-state index in [-0.39, 0.29) is 6.04 Å². The summed E-state index contributed by atoms with van der Waals surface area (Å²) in [5, 5.41) is 11.6. The van der Waals surface area contributed by atoms with Crippen molar-refractivity contribution in [2.45, 2.75) is 39.3 Å². The summed E-state index contributed by atoms with van der Waals surface area (Å²) in [4.78, 5) is 12.1. The molecule has 1 saturated heterocycles. The second kappa shape index (κ2) is 10.9. The smallest absolute Gasteiger partial charge is 0.228 e. The Morgan fingerprint density at radius 1 is 1.15 bits per heavy atom. The van der Waals surface area contributed by atoms with Crippen molar-refractivity contribution in [1.29, 1.82) is 0 Å². The van der Waals surface area contributed by atoms with E-state index < -0.39 is 0 Å². The van der Waals surface area contributed by atoms with Crippen LogP contribution in [0.3, 0.4) is 0 Å². The number of nitrogens with one attached hydrogen (secondary N) is 2. The van der Waals surface area contributed by atoms with Gasteiger partial charge >= 0.3 is 0 Å². The Kier molecular flexibility index (Phi) is 7.74. The van der Waals surface area contributed by atoms with Crippen molar-refractivity contribution in [2.75, 3.05) is 51.8 Å². The normalized spacial score (nSPS) is 15.8. The number of benzene rings is 1. The van der Waals surface area contributed by atoms with E-state index in [0.29, 0.717) is 18.4 Å². The van der Waals surface area contributed by atoms with Crippen LogP contribution in [-0.4, -0.2) is 71.0 Å². The Hall–Kier alpha value is -2.75. The molecule has 0 aliphatic carbocycles. The van der Waals surface area contributed by atoms with E-state index in [1.54, 1.807) is 7.11 Å². The number of aromatic nitrogens is 4. The predicted molar refractivity (Wildman–Crippen MR) is 129 cm³/mol. The van der Waals surface area contributed by atoms with Crippen LogP contribution in [-0.2, 0) is 11.3 Å². The molecule has 0 amide bonds. The van der Waals surface area contributed by atoms with Crippen molar-refractivity contribution in [3.63, 3.8) is 0 Å². The molecule has 178 valence electrons. The second-order valence-electron chi connectivity index (χ2n) is 8.73. The molecule has 9 heteroatoms. The molecule has 1 aromatic carbocycles. The zero-order valence-electron chi connectivity index (χ0n) is 20.0. The van der Waals surface area contributed by atoms with Crippen molar-refractivity contribution in [1.82, 2.24) is 29.8 Å². The lowest BCUT2D eigenvalue weighted by molar-refractivity contribution is 0.0384. The average molecular weight is 454 g/mol. The number of morpholine rings is 1. The third-order valence-electron chi connectivity index (χ3n) is 5.99. The highest BCUT2D eigenvalue weighted by molar-refractivity contribution is 5.52. The van der Waals surface area contributed by atoms with Gasteiger partial charge in [-0.25, -0.2) is 4.98 Å².